The van der Waals surface area contributed by atoms with Gasteiger partial charge < -0.3 is 10.2 Å². The van der Waals surface area contributed by atoms with Crippen LogP contribution < -0.4 is 0 Å². The van der Waals surface area contributed by atoms with Gasteiger partial charge in [-0.2, -0.15) is 0 Å². The largest absolute Gasteiger partial charge is 0.507 e. The van der Waals surface area contributed by atoms with Crippen molar-refractivity contribution < 1.29 is 19.8 Å². The van der Waals surface area contributed by atoms with Crippen molar-refractivity contribution >= 4 is 17.3 Å². The van der Waals surface area contributed by atoms with Crippen molar-refractivity contribution in [2.75, 3.05) is 0 Å². The van der Waals surface area contributed by atoms with Crippen LogP contribution in [0.25, 0.3) is 5.76 Å². The average Bonchev–Trinajstić information content (AvgIpc) is 2.83. The molecule has 37 heavy (non-hydrogen) atoms. The molecule has 2 atom stereocenters. The minimum Gasteiger partial charge on any atom is -0.507 e. The second kappa shape index (κ2) is 12.7. The summed E-state index contributed by atoms with van der Waals surface area (Å²) in [5, 5.41) is 22.6. The molecule has 0 amide bonds. The van der Waals surface area contributed by atoms with Crippen molar-refractivity contribution in [3.05, 3.63) is 99.9 Å². The molecular weight excluding hydrogens is 460 g/mol. The molecule has 0 fully saturated rings. The van der Waals surface area contributed by atoms with Gasteiger partial charge in [0.15, 0.2) is 11.6 Å². The molecule has 0 radical (unpaired) electrons. The van der Waals surface area contributed by atoms with E-state index in [2.05, 4.69) is 12.7 Å². The fraction of sp³-hybridized carbons (Fsp3) is 0.394. The monoisotopic (exact) mass is 502 g/mol. The van der Waals surface area contributed by atoms with E-state index in [1.54, 1.807) is 24.3 Å². The van der Waals surface area contributed by atoms with Gasteiger partial charge in [0, 0.05) is 11.1 Å². The standard InChI is InChI=1S/C33H42O4/c1-21(2)14-16-26(24(7)8)20-33(19-18-23(5)6)31(36)27(17-15-22(3)4)30(35)28(32(33)37)29(34)25-12-10-9-11-13-25/h9-15,18,26,34-35H,7,16-17,19-20H2,1-6,8H3/b29-28-/t26-,33?/m0/s1. The van der Waals surface area contributed by atoms with Crippen molar-refractivity contribution in [1.82, 2.24) is 0 Å². The fourth-order valence-electron chi connectivity index (χ4n) is 4.54. The van der Waals surface area contributed by atoms with Crippen LogP contribution in [0.1, 0.15) is 79.7 Å². The molecule has 1 aromatic rings. The lowest BCUT2D eigenvalue weighted by molar-refractivity contribution is -0.138. The zero-order valence-electron chi connectivity index (χ0n) is 23.4. The van der Waals surface area contributed by atoms with E-state index in [1.807, 2.05) is 66.7 Å². The Hall–Kier alpha value is -3.40. The first kappa shape index (κ1) is 29.8. The summed E-state index contributed by atoms with van der Waals surface area (Å²) in [4.78, 5) is 28.6. The van der Waals surface area contributed by atoms with Gasteiger partial charge in [-0.1, -0.05) is 77.4 Å². The lowest BCUT2D eigenvalue weighted by Gasteiger charge is -2.38. The number of carbonyl (C=O) groups excluding carboxylic acids is 2. The summed E-state index contributed by atoms with van der Waals surface area (Å²) in [6.07, 6.45) is 7.12. The van der Waals surface area contributed by atoms with Crippen molar-refractivity contribution in [3.63, 3.8) is 0 Å². The molecule has 0 spiro atoms. The number of Topliss-reactive ketones (excluding diaryl/α,β-unsaturated/α-hetero) is 2. The summed E-state index contributed by atoms with van der Waals surface area (Å²) < 4.78 is 0. The highest BCUT2D eigenvalue weighted by atomic mass is 16.3. The number of ketones is 2. The Labute approximate surface area is 222 Å². The predicted octanol–water partition coefficient (Wildman–Crippen LogP) is 8.56. The molecule has 0 heterocycles. The van der Waals surface area contributed by atoms with Gasteiger partial charge >= 0.3 is 0 Å². The predicted molar refractivity (Wildman–Crippen MR) is 153 cm³/mol. The Morgan fingerprint density at radius 2 is 1.46 bits per heavy atom. The first-order valence-electron chi connectivity index (χ1n) is 12.9. The van der Waals surface area contributed by atoms with Gasteiger partial charge in [-0.25, -0.2) is 0 Å². The molecule has 1 aromatic carbocycles. The van der Waals surface area contributed by atoms with E-state index in [9.17, 15) is 19.8 Å². The van der Waals surface area contributed by atoms with E-state index >= 15 is 0 Å². The van der Waals surface area contributed by atoms with Gasteiger partial charge in [0.1, 0.15) is 22.5 Å². The zero-order valence-corrected chi connectivity index (χ0v) is 23.4. The summed E-state index contributed by atoms with van der Waals surface area (Å²) in [5.41, 5.74) is 2.92. The molecule has 0 bridgehead atoms. The molecular formula is C33H42O4. The third-order valence-electron chi connectivity index (χ3n) is 6.85. The van der Waals surface area contributed by atoms with Crippen molar-refractivity contribution in [3.8, 4) is 0 Å². The van der Waals surface area contributed by atoms with Gasteiger partial charge in [0.05, 0.1) is 0 Å². The topological polar surface area (TPSA) is 74.6 Å². The van der Waals surface area contributed by atoms with Crippen molar-refractivity contribution in [1.29, 1.82) is 0 Å². The van der Waals surface area contributed by atoms with E-state index in [0.29, 0.717) is 12.0 Å². The van der Waals surface area contributed by atoms with Gasteiger partial charge in [-0.15, -0.1) is 0 Å². The summed E-state index contributed by atoms with van der Waals surface area (Å²) in [5.74, 6) is -1.80. The highest BCUT2D eigenvalue weighted by Crippen LogP contribution is 2.47. The molecule has 0 aromatic heterocycles. The van der Waals surface area contributed by atoms with Gasteiger partial charge in [0.25, 0.3) is 0 Å². The maximum Gasteiger partial charge on any atom is 0.184 e. The fourth-order valence-corrected chi connectivity index (χ4v) is 4.54. The van der Waals surface area contributed by atoms with Crippen molar-refractivity contribution in [2.45, 2.75) is 74.1 Å². The van der Waals surface area contributed by atoms with E-state index in [1.165, 1.54) is 0 Å². The van der Waals surface area contributed by atoms with E-state index < -0.39 is 17.0 Å². The number of hydrogen-bond acceptors (Lipinski definition) is 4. The minimum absolute atomic E-state index is 0.126. The van der Waals surface area contributed by atoms with Gasteiger partial charge in [-0.05, 0) is 80.1 Å². The van der Waals surface area contributed by atoms with Gasteiger partial charge in [-0.3, -0.25) is 9.59 Å². The second-order valence-electron chi connectivity index (χ2n) is 10.9. The molecule has 198 valence electrons. The highest BCUT2D eigenvalue weighted by molar-refractivity contribution is 6.26. The molecule has 2 N–H and O–H groups in total. The summed E-state index contributed by atoms with van der Waals surface area (Å²) in [7, 11) is 0. The summed E-state index contributed by atoms with van der Waals surface area (Å²) in [6, 6.07) is 8.67. The maximum atomic E-state index is 14.4. The Balaban J connectivity index is 2.89. The molecule has 1 aliphatic rings. The number of benzene rings is 1. The Morgan fingerprint density at radius 3 is 1.97 bits per heavy atom. The molecule has 2 rings (SSSR count). The maximum absolute atomic E-state index is 14.4. The first-order valence-corrected chi connectivity index (χ1v) is 12.9. The minimum atomic E-state index is -1.47. The quantitative estimate of drug-likeness (QED) is 0.145. The number of carbonyl (C=O) groups is 2. The highest BCUT2D eigenvalue weighted by Gasteiger charge is 2.53. The average molecular weight is 503 g/mol. The van der Waals surface area contributed by atoms with Crippen LogP contribution in [0.2, 0.25) is 0 Å². The van der Waals surface area contributed by atoms with Crippen LogP contribution in [0.15, 0.2) is 94.3 Å². The third kappa shape index (κ3) is 7.09. The van der Waals surface area contributed by atoms with Crippen LogP contribution in [0.4, 0.5) is 0 Å². The van der Waals surface area contributed by atoms with E-state index in [-0.39, 0.29) is 47.9 Å². The van der Waals surface area contributed by atoms with Crippen LogP contribution >= 0.6 is 0 Å². The molecule has 1 aliphatic carbocycles. The van der Waals surface area contributed by atoms with E-state index in [4.69, 9.17) is 0 Å². The first-order chi connectivity index (χ1) is 17.3. The SMILES string of the molecule is C=C(C)[C@@H](CC=C(C)C)CC1(CC=C(C)C)C(=O)C(CC=C(C)C)=C(O)/C(=C(/O)c2ccccc2)C1=O. The summed E-state index contributed by atoms with van der Waals surface area (Å²) >= 11 is 0. The molecule has 0 aliphatic heterocycles. The van der Waals surface area contributed by atoms with Gasteiger partial charge in [0.2, 0.25) is 0 Å². The van der Waals surface area contributed by atoms with E-state index in [0.717, 1.165) is 22.3 Å². The molecule has 4 heteroatoms. The van der Waals surface area contributed by atoms with Crippen LogP contribution in [-0.4, -0.2) is 21.8 Å². The smallest absolute Gasteiger partial charge is 0.184 e. The molecule has 0 saturated carbocycles. The van der Waals surface area contributed by atoms with Crippen molar-refractivity contribution in [2.24, 2.45) is 11.3 Å². The Morgan fingerprint density at radius 1 is 0.892 bits per heavy atom. The number of aliphatic hydroxyl groups is 2. The van der Waals surface area contributed by atoms with Crippen LogP contribution in [0, 0.1) is 11.3 Å². The number of allylic oxidation sites excluding steroid dienone is 9. The van der Waals surface area contributed by atoms with Crippen LogP contribution in [0.5, 0.6) is 0 Å². The zero-order chi connectivity index (χ0) is 27.9. The molecule has 1 unspecified atom stereocenters. The second-order valence-corrected chi connectivity index (χ2v) is 10.9. The number of rotatable bonds is 10. The normalized spacial score (nSPS) is 19.8. The van der Waals surface area contributed by atoms with Crippen LogP contribution in [-0.2, 0) is 9.59 Å². The molecule has 4 nitrogen and oxygen atoms in total. The Bertz CT molecular complexity index is 1190. The molecule has 0 saturated heterocycles. The lowest BCUT2D eigenvalue weighted by Crippen LogP contribution is -2.46. The number of aliphatic hydroxyl groups excluding tert-OH is 2. The number of hydrogen-bond donors (Lipinski definition) is 2. The lowest BCUT2D eigenvalue weighted by atomic mass is 9.61. The van der Waals surface area contributed by atoms with Crippen LogP contribution in [0.3, 0.4) is 0 Å². The summed E-state index contributed by atoms with van der Waals surface area (Å²) in [6.45, 7) is 17.8. The Kier molecular flexibility index (Phi) is 10.2. The third-order valence-corrected chi connectivity index (χ3v) is 6.85.